The predicted octanol–water partition coefficient (Wildman–Crippen LogP) is 4.27. The van der Waals surface area contributed by atoms with Crippen molar-refractivity contribution in [3.63, 3.8) is 0 Å². The van der Waals surface area contributed by atoms with Gasteiger partial charge in [0, 0.05) is 17.1 Å². The molecule has 0 aliphatic heterocycles. The highest BCUT2D eigenvalue weighted by Gasteiger charge is 2.31. The summed E-state index contributed by atoms with van der Waals surface area (Å²) in [4.78, 5) is 27.7. The molecule has 1 atom stereocenters. The van der Waals surface area contributed by atoms with Crippen molar-refractivity contribution in [2.75, 3.05) is 19.5 Å². The summed E-state index contributed by atoms with van der Waals surface area (Å²) in [6, 6.07) is 9.43. The van der Waals surface area contributed by atoms with E-state index in [1.807, 2.05) is 0 Å². The van der Waals surface area contributed by atoms with E-state index in [4.69, 9.17) is 14.2 Å². The van der Waals surface area contributed by atoms with E-state index < -0.39 is 30.1 Å². The first-order valence-corrected chi connectivity index (χ1v) is 9.22. The van der Waals surface area contributed by atoms with Gasteiger partial charge in [0.25, 0.3) is 5.91 Å². The lowest BCUT2D eigenvalue weighted by atomic mass is 10.2. The number of methoxy groups -OCH3 is 2. The van der Waals surface area contributed by atoms with Crippen LogP contribution in [0.15, 0.2) is 42.5 Å². The molecular weight excluding hydrogens is 433 g/mol. The van der Waals surface area contributed by atoms with E-state index in [1.165, 1.54) is 39.3 Å². The molecule has 170 valence electrons. The zero-order chi connectivity index (χ0) is 23.5. The van der Waals surface area contributed by atoms with Crippen molar-refractivity contribution in [3.8, 4) is 17.2 Å². The Bertz CT molecular complexity index is 1130. The van der Waals surface area contributed by atoms with Gasteiger partial charge in [0.2, 0.25) is 0 Å². The number of halogens is 3. The molecule has 0 saturated heterocycles. The monoisotopic (exact) mass is 452 g/mol. The second-order valence-electron chi connectivity index (χ2n) is 6.59. The Morgan fingerprint density at radius 2 is 1.69 bits per heavy atom. The number of aromatic nitrogens is 1. The normalized spacial score (nSPS) is 12.2. The third-order valence-corrected chi connectivity index (χ3v) is 4.35. The Balaban J connectivity index is 1.65. The van der Waals surface area contributed by atoms with Gasteiger partial charge >= 0.3 is 12.3 Å². The number of H-pyrrole nitrogens is 1. The van der Waals surface area contributed by atoms with Gasteiger partial charge < -0.3 is 29.2 Å². The predicted molar refractivity (Wildman–Crippen MR) is 108 cm³/mol. The molecule has 11 heteroatoms. The fourth-order valence-electron chi connectivity index (χ4n) is 2.83. The van der Waals surface area contributed by atoms with Crippen LogP contribution in [0.3, 0.4) is 0 Å². The molecule has 0 aliphatic carbocycles. The molecule has 1 amide bonds. The van der Waals surface area contributed by atoms with E-state index in [0.29, 0.717) is 22.4 Å². The van der Waals surface area contributed by atoms with E-state index in [-0.39, 0.29) is 11.4 Å². The average molecular weight is 452 g/mol. The number of carbonyl (C=O) groups is 2. The first-order valence-electron chi connectivity index (χ1n) is 9.22. The number of fused-ring (bicyclic) bond motifs is 1. The number of amides is 1. The summed E-state index contributed by atoms with van der Waals surface area (Å²) < 4.78 is 56.1. The molecule has 8 nitrogen and oxygen atoms in total. The number of ether oxygens (including phenoxy) is 4. The molecule has 32 heavy (non-hydrogen) atoms. The van der Waals surface area contributed by atoms with Crippen molar-refractivity contribution in [2.45, 2.75) is 19.4 Å². The summed E-state index contributed by atoms with van der Waals surface area (Å²) in [5.74, 6) is -0.882. The summed E-state index contributed by atoms with van der Waals surface area (Å²) in [5, 5.41) is 3.09. The van der Waals surface area contributed by atoms with Crippen LogP contribution in [0.1, 0.15) is 17.4 Å². The number of benzene rings is 2. The second-order valence-corrected chi connectivity index (χ2v) is 6.59. The van der Waals surface area contributed by atoms with Crippen LogP contribution in [0.25, 0.3) is 10.9 Å². The van der Waals surface area contributed by atoms with E-state index >= 15 is 0 Å². The standard InChI is InChI=1S/C21H19F3N2O6/c1-11(19(27)25-13-4-6-14(7-5-13)32-21(22,23)24)31-20(28)16-9-12-8-15(29-2)10-17(30-3)18(12)26-16/h4-11,26H,1-3H3,(H,25,27)/t11-/m1/s1. The van der Waals surface area contributed by atoms with Gasteiger partial charge in [-0.25, -0.2) is 4.79 Å². The van der Waals surface area contributed by atoms with Crippen molar-refractivity contribution in [1.29, 1.82) is 0 Å². The van der Waals surface area contributed by atoms with Crippen LogP contribution in [-0.4, -0.2) is 43.5 Å². The molecular formula is C21H19F3N2O6. The molecule has 0 unspecified atom stereocenters. The first-order chi connectivity index (χ1) is 15.1. The first kappa shape index (κ1) is 22.8. The average Bonchev–Trinajstić information content (AvgIpc) is 3.17. The number of hydrogen-bond donors (Lipinski definition) is 2. The van der Waals surface area contributed by atoms with Gasteiger partial charge in [-0.15, -0.1) is 13.2 Å². The molecule has 3 rings (SSSR count). The Morgan fingerprint density at radius 1 is 1.00 bits per heavy atom. The molecule has 0 saturated carbocycles. The number of nitrogens with one attached hydrogen (secondary N) is 2. The SMILES string of the molecule is COc1cc(OC)c2[nH]c(C(=O)O[C@H](C)C(=O)Nc3ccc(OC(F)(F)F)cc3)cc2c1. The van der Waals surface area contributed by atoms with E-state index in [0.717, 1.165) is 12.1 Å². The van der Waals surface area contributed by atoms with Crippen LogP contribution < -0.4 is 19.5 Å². The zero-order valence-corrected chi connectivity index (χ0v) is 17.2. The Morgan fingerprint density at radius 3 is 2.28 bits per heavy atom. The van der Waals surface area contributed by atoms with E-state index in [1.54, 1.807) is 12.1 Å². The lowest BCUT2D eigenvalue weighted by molar-refractivity contribution is -0.274. The molecule has 3 aromatic rings. The fourth-order valence-corrected chi connectivity index (χ4v) is 2.83. The highest BCUT2D eigenvalue weighted by Crippen LogP contribution is 2.31. The Kier molecular flexibility index (Phi) is 6.47. The molecule has 0 radical (unpaired) electrons. The molecule has 2 N–H and O–H groups in total. The number of aromatic amines is 1. The molecule has 2 aromatic carbocycles. The zero-order valence-electron chi connectivity index (χ0n) is 17.2. The summed E-state index contributed by atoms with van der Waals surface area (Å²) >= 11 is 0. The van der Waals surface area contributed by atoms with Crippen molar-refractivity contribution in [1.82, 2.24) is 4.98 Å². The van der Waals surface area contributed by atoms with Gasteiger partial charge in [-0.05, 0) is 43.3 Å². The maximum Gasteiger partial charge on any atom is 0.573 e. The molecule has 1 aromatic heterocycles. The number of carbonyl (C=O) groups excluding carboxylic acids is 2. The van der Waals surface area contributed by atoms with E-state index in [9.17, 15) is 22.8 Å². The minimum absolute atomic E-state index is 0.0971. The number of hydrogen-bond acceptors (Lipinski definition) is 6. The summed E-state index contributed by atoms with van der Waals surface area (Å²) in [7, 11) is 2.97. The summed E-state index contributed by atoms with van der Waals surface area (Å²) in [6.07, 6.45) is -6.00. The maximum absolute atomic E-state index is 12.5. The van der Waals surface area contributed by atoms with Gasteiger partial charge in [0.15, 0.2) is 6.10 Å². The third-order valence-electron chi connectivity index (χ3n) is 4.35. The topological polar surface area (TPSA) is 98.9 Å². The minimum atomic E-state index is -4.81. The van der Waals surface area contributed by atoms with Crippen molar-refractivity contribution < 1.29 is 41.7 Å². The van der Waals surface area contributed by atoms with Gasteiger partial charge in [0.05, 0.1) is 19.7 Å². The van der Waals surface area contributed by atoms with Crippen LogP contribution in [-0.2, 0) is 9.53 Å². The fraction of sp³-hybridized carbons (Fsp3) is 0.238. The van der Waals surface area contributed by atoms with Gasteiger partial charge in [-0.1, -0.05) is 0 Å². The molecule has 0 spiro atoms. The Hall–Kier alpha value is -3.89. The number of rotatable bonds is 7. The van der Waals surface area contributed by atoms with E-state index in [2.05, 4.69) is 15.0 Å². The van der Waals surface area contributed by atoms with Crippen molar-refractivity contribution in [2.24, 2.45) is 0 Å². The van der Waals surface area contributed by atoms with Crippen LogP contribution in [0, 0.1) is 0 Å². The number of alkyl halides is 3. The van der Waals surface area contributed by atoms with Crippen molar-refractivity contribution >= 4 is 28.5 Å². The van der Waals surface area contributed by atoms with Gasteiger partial charge in [-0.3, -0.25) is 4.79 Å². The quantitative estimate of drug-likeness (QED) is 0.520. The third kappa shape index (κ3) is 5.42. The van der Waals surface area contributed by atoms with Crippen LogP contribution >= 0.6 is 0 Å². The number of esters is 1. The largest absolute Gasteiger partial charge is 0.573 e. The van der Waals surface area contributed by atoms with Crippen LogP contribution in [0.2, 0.25) is 0 Å². The lowest BCUT2D eigenvalue weighted by Crippen LogP contribution is -2.30. The highest BCUT2D eigenvalue weighted by molar-refractivity contribution is 6.00. The smallest absolute Gasteiger partial charge is 0.497 e. The lowest BCUT2D eigenvalue weighted by Gasteiger charge is -2.14. The molecule has 1 heterocycles. The van der Waals surface area contributed by atoms with Crippen LogP contribution in [0.5, 0.6) is 17.2 Å². The molecule has 0 fully saturated rings. The second kappa shape index (κ2) is 9.08. The van der Waals surface area contributed by atoms with Gasteiger partial charge in [-0.2, -0.15) is 0 Å². The minimum Gasteiger partial charge on any atom is -0.497 e. The van der Waals surface area contributed by atoms with Crippen LogP contribution in [0.4, 0.5) is 18.9 Å². The number of anilines is 1. The summed E-state index contributed by atoms with van der Waals surface area (Å²) in [6.45, 7) is 1.36. The maximum atomic E-state index is 12.5. The van der Waals surface area contributed by atoms with Gasteiger partial charge in [0.1, 0.15) is 22.9 Å². The van der Waals surface area contributed by atoms with Crippen molar-refractivity contribution in [3.05, 3.63) is 48.2 Å². The molecule has 0 aliphatic rings. The highest BCUT2D eigenvalue weighted by atomic mass is 19.4. The Labute approximate surface area is 180 Å². The molecule has 0 bridgehead atoms. The summed E-state index contributed by atoms with van der Waals surface area (Å²) in [5.41, 5.74) is 0.855.